The average Bonchev–Trinajstić information content (AvgIpc) is 2.50. The third-order valence-electron chi connectivity index (χ3n) is 3.06. The predicted octanol–water partition coefficient (Wildman–Crippen LogP) is 2.74. The van der Waals surface area contributed by atoms with Gasteiger partial charge in [-0.1, -0.05) is 37.2 Å². The normalized spacial score (nSPS) is 18.5. The summed E-state index contributed by atoms with van der Waals surface area (Å²) in [6.07, 6.45) is -1.03. The number of rotatable bonds is 2. The molecule has 0 saturated heterocycles. The van der Waals surface area contributed by atoms with Gasteiger partial charge in [0.1, 0.15) is 0 Å². The molecule has 19 heavy (non-hydrogen) atoms. The molecule has 1 atom stereocenters. The Balaban J connectivity index is 2.67. The van der Waals surface area contributed by atoms with Crippen molar-refractivity contribution in [3.05, 3.63) is 40.3 Å². The minimum absolute atomic E-state index is 0.136. The Morgan fingerprint density at radius 1 is 1.42 bits per heavy atom. The monoisotopic (exact) mass is 257 g/mol. The van der Waals surface area contributed by atoms with Crippen molar-refractivity contribution in [1.29, 1.82) is 0 Å². The highest BCUT2D eigenvalue weighted by Gasteiger charge is 2.29. The Morgan fingerprint density at radius 2 is 2.11 bits per heavy atom. The molecule has 1 amide bonds. The van der Waals surface area contributed by atoms with Crippen LogP contribution in [-0.2, 0) is 4.79 Å². The van der Waals surface area contributed by atoms with E-state index in [-0.39, 0.29) is 11.8 Å². The molecule has 0 N–H and O–H groups in total. The molecule has 0 aliphatic carbocycles. The second kappa shape index (κ2) is 5.12. The van der Waals surface area contributed by atoms with E-state index in [9.17, 15) is 4.79 Å². The molecule has 1 aliphatic rings. The summed E-state index contributed by atoms with van der Waals surface area (Å²) in [6.45, 7) is 4.00. The highest BCUT2D eigenvalue weighted by molar-refractivity contribution is 6.13. The number of anilines is 1. The quantitative estimate of drug-likeness (QED) is 0.455. The highest BCUT2D eigenvalue weighted by atomic mass is 16.2. The SMILES string of the molecule is CC(C)C1=NC(N=[N+]=[N-])C(=O)N(C)c2ccccc21. The van der Waals surface area contributed by atoms with Crippen molar-refractivity contribution >= 4 is 17.3 Å². The number of aliphatic imine (C=N–C) groups is 1. The largest absolute Gasteiger partial charge is 0.313 e. The third kappa shape index (κ3) is 2.30. The summed E-state index contributed by atoms with van der Waals surface area (Å²) in [7, 11) is 1.67. The lowest BCUT2D eigenvalue weighted by Gasteiger charge is -2.19. The zero-order chi connectivity index (χ0) is 14.0. The van der Waals surface area contributed by atoms with Crippen LogP contribution >= 0.6 is 0 Å². The van der Waals surface area contributed by atoms with Crippen molar-refractivity contribution in [2.45, 2.75) is 20.0 Å². The van der Waals surface area contributed by atoms with Crippen LogP contribution in [-0.4, -0.2) is 24.8 Å². The molecular weight excluding hydrogens is 242 g/mol. The van der Waals surface area contributed by atoms with Crippen LogP contribution in [0.25, 0.3) is 10.4 Å². The van der Waals surface area contributed by atoms with Crippen molar-refractivity contribution < 1.29 is 4.79 Å². The maximum Gasteiger partial charge on any atom is 0.257 e. The number of carbonyl (C=O) groups is 1. The lowest BCUT2D eigenvalue weighted by atomic mass is 9.98. The summed E-state index contributed by atoms with van der Waals surface area (Å²) in [5.41, 5.74) is 11.1. The van der Waals surface area contributed by atoms with Crippen molar-refractivity contribution in [2.24, 2.45) is 16.0 Å². The molecule has 98 valence electrons. The fourth-order valence-electron chi connectivity index (χ4n) is 2.12. The molecule has 0 fully saturated rings. The maximum atomic E-state index is 12.2. The van der Waals surface area contributed by atoms with Crippen LogP contribution in [0.5, 0.6) is 0 Å². The van der Waals surface area contributed by atoms with E-state index in [1.54, 1.807) is 7.05 Å². The van der Waals surface area contributed by atoms with E-state index in [0.29, 0.717) is 0 Å². The second-order valence-electron chi connectivity index (χ2n) is 4.66. The van der Waals surface area contributed by atoms with E-state index >= 15 is 0 Å². The molecule has 0 radical (unpaired) electrons. The van der Waals surface area contributed by atoms with E-state index in [4.69, 9.17) is 5.53 Å². The van der Waals surface area contributed by atoms with E-state index in [0.717, 1.165) is 17.0 Å². The van der Waals surface area contributed by atoms with E-state index in [1.807, 2.05) is 38.1 Å². The smallest absolute Gasteiger partial charge is 0.257 e. The molecule has 2 rings (SSSR count). The van der Waals surface area contributed by atoms with Gasteiger partial charge in [-0.15, -0.1) is 0 Å². The maximum absolute atomic E-state index is 12.2. The number of azide groups is 1. The number of fused-ring (bicyclic) bond motifs is 1. The zero-order valence-electron chi connectivity index (χ0n) is 11.1. The van der Waals surface area contributed by atoms with Crippen LogP contribution in [0, 0.1) is 5.92 Å². The van der Waals surface area contributed by atoms with Gasteiger partial charge in [0.25, 0.3) is 5.91 Å². The van der Waals surface area contributed by atoms with Crippen LogP contribution in [0.4, 0.5) is 5.69 Å². The number of nitrogens with zero attached hydrogens (tertiary/aromatic N) is 5. The Hall–Kier alpha value is -2.33. The number of para-hydroxylation sites is 1. The van der Waals surface area contributed by atoms with Crippen LogP contribution in [0.1, 0.15) is 19.4 Å². The number of amides is 1. The molecule has 1 heterocycles. The van der Waals surface area contributed by atoms with Crippen LogP contribution in [0.2, 0.25) is 0 Å². The van der Waals surface area contributed by atoms with Crippen LogP contribution in [0.15, 0.2) is 34.4 Å². The summed E-state index contributed by atoms with van der Waals surface area (Å²) in [4.78, 5) is 20.8. The van der Waals surface area contributed by atoms with Gasteiger partial charge < -0.3 is 4.90 Å². The fraction of sp³-hybridized carbons (Fsp3) is 0.385. The fourth-order valence-corrected chi connectivity index (χ4v) is 2.12. The first-order valence-electron chi connectivity index (χ1n) is 6.05. The summed E-state index contributed by atoms with van der Waals surface area (Å²) < 4.78 is 0. The van der Waals surface area contributed by atoms with Gasteiger partial charge >= 0.3 is 0 Å². The first-order chi connectivity index (χ1) is 9.06. The number of benzene rings is 1. The van der Waals surface area contributed by atoms with E-state index < -0.39 is 6.17 Å². The van der Waals surface area contributed by atoms with Crippen molar-refractivity contribution in [3.63, 3.8) is 0 Å². The van der Waals surface area contributed by atoms with Crippen molar-refractivity contribution in [1.82, 2.24) is 0 Å². The summed E-state index contributed by atoms with van der Waals surface area (Å²) in [5.74, 6) is -0.183. The number of hydrogen-bond donors (Lipinski definition) is 0. The standard InChI is InChI=1S/C13H15N5O/c1-8(2)11-9-6-4-5-7-10(9)18(3)13(19)12(15-11)16-17-14/h4-8,12H,1-3H3. The molecule has 0 aromatic heterocycles. The van der Waals surface area contributed by atoms with E-state index in [1.165, 1.54) is 4.90 Å². The number of likely N-dealkylation sites (N-methyl/N-ethyl adjacent to an activating group) is 1. The molecule has 6 heteroatoms. The van der Waals surface area contributed by atoms with Gasteiger partial charge in [0.05, 0.1) is 5.69 Å². The van der Waals surface area contributed by atoms with Gasteiger partial charge in [-0.2, -0.15) is 0 Å². The average molecular weight is 257 g/mol. The molecular formula is C13H15N5O. The summed E-state index contributed by atoms with van der Waals surface area (Å²) in [5, 5.41) is 3.49. The van der Waals surface area contributed by atoms with Gasteiger partial charge in [0.15, 0.2) is 0 Å². The first-order valence-corrected chi connectivity index (χ1v) is 6.05. The van der Waals surface area contributed by atoms with Crippen molar-refractivity contribution in [2.75, 3.05) is 11.9 Å². The number of hydrogen-bond acceptors (Lipinski definition) is 3. The summed E-state index contributed by atoms with van der Waals surface area (Å²) in [6, 6.07) is 7.57. The van der Waals surface area contributed by atoms with Crippen molar-refractivity contribution in [3.8, 4) is 0 Å². The minimum Gasteiger partial charge on any atom is -0.313 e. The Labute approximate surface area is 111 Å². The third-order valence-corrected chi connectivity index (χ3v) is 3.06. The Kier molecular flexibility index (Phi) is 3.53. The molecule has 1 aliphatic heterocycles. The topological polar surface area (TPSA) is 81.4 Å². The molecule has 6 nitrogen and oxygen atoms in total. The van der Waals surface area contributed by atoms with Crippen LogP contribution < -0.4 is 4.90 Å². The first kappa shape index (κ1) is 13.1. The molecule has 1 aromatic carbocycles. The van der Waals surface area contributed by atoms with Gasteiger partial charge in [-0.3, -0.25) is 9.79 Å². The molecule has 0 bridgehead atoms. The van der Waals surface area contributed by atoms with Gasteiger partial charge in [0, 0.05) is 23.2 Å². The van der Waals surface area contributed by atoms with Gasteiger partial charge in [-0.25, -0.2) is 0 Å². The van der Waals surface area contributed by atoms with Crippen LogP contribution in [0.3, 0.4) is 0 Å². The molecule has 1 aromatic rings. The lowest BCUT2D eigenvalue weighted by Crippen LogP contribution is -2.33. The Morgan fingerprint density at radius 3 is 2.74 bits per heavy atom. The number of benzodiazepines with no additional fused rings is 1. The molecule has 0 saturated carbocycles. The van der Waals surface area contributed by atoms with Gasteiger partial charge in [0.2, 0.25) is 6.17 Å². The summed E-state index contributed by atoms with van der Waals surface area (Å²) >= 11 is 0. The zero-order valence-corrected chi connectivity index (χ0v) is 11.1. The molecule has 0 spiro atoms. The highest BCUT2D eigenvalue weighted by Crippen LogP contribution is 2.27. The lowest BCUT2D eigenvalue weighted by molar-refractivity contribution is -0.119. The van der Waals surface area contributed by atoms with E-state index in [2.05, 4.69) is 15.0 Å². The predicted molar refractivity (Wildman–Crippen MR) is 74.2 cm³/mol. The second-order valence-corrected chi connectivity index (χ2v) is 4.66. The minimum atomic E-state index is -1.03. The Bertz CT molecular complexity index is 586. The van der Waals surface area contributed by atoms with Gasteiger partial charge in [-0.05, 0) is 17.5 Å². The molecule has 1 unspecified atom stereocenters. The number of carbonyl (C=O) groups excluding carboxylic acids is 1.